The third kappa shape index (κ3) is 2.95. The van der Waals surface area contributed by atoms with Crippen LogP contribution in [0.2, 0.25) is 0 Å². The average Bonchev–Trinajstić information content (AvgIpc) is 2.47. The summed E-state index contributed by atoms with van der Waals surface area (Å²) in [5.74, 6) is 0.352. The lowest BCUT2D eigenvalue weighted by Gasteiger charge is -2.15. The minimum Gasteiger partial charge on any atom is -0.457 e. The molecule has 0 aliphatic heterocycles. The lowest BCUT2D eigenvalue weighted by atomic mass is 10.0. The van der Waals surface area contributed by atoms with Gasteiger partial charge in [-0.25, -0.2) is 4.39 Å². The van der Waals surface area contributed by atoms with E-state index < -0.39 is 5.82 Å². The topological polar surface area (TPSA) is 59.0 Å². The van der Waals surface area contributed by atoms with Crippen LogP contribution in [-0.4, -0.2) is 0 Å². The molecule has 0 fully saturated rings. The van der Waals surface area contributed by atoms with Crippen LogP contribution in [0.15, 0.2) is 42.5 Å². The van der Waals surface area contributed by atoms with E-state index in [0.29, 0.717) is 11.5 Å². The molecule has 0 spiro atoms. The number of ether oxygens (including phenoxy) is 1. The van der Waals surface area contributed by atoms with Crippen LogP contribution in [0.3, 0.4) is 0 Å². The van der Waals surface area contributed by atoms with Gasteiger partial charge in [-0.05, 0) is 24.6 Å². The summed E-state index contributed by atoms with van der Waals surface area (Å²) in [4.78, 5) is 0. The Labute approximate surface area is 117 Å². The summed E-state index contributed by atoms with van der Waals surface area (Å²) < 4.78 is 19.2. The second kappa shape index (κ2) is 6.18. The molecule has 2 aromatic rings. The standard InChI is InChI=1S/C16H15FN2O/c1-2-15(19)13-5-3-4-6-16(13)20-12-8-7-11(10-18)14(17)9-12/h3-9,15H,2,19H2,1H3/t15-/m1/s1. The minimum absolute atomic E-state index is 0.00380. The summed E-state index contributed by atoms with van der Waals surface area (Å²) in [6, 6.07) is 13.2. The highest BCUT2D eigenvalue weighted by Gasteiger charge is 2.11. The Morgan fingerprint density at radius 2 is 2.05 bits per heavy atom. The fourth-order valence-electron chi connectivity index (χ4n) is 1.88. The molecule has 0 amide bonds. The van der Waals surface area contributed by atoms with Crippen molar-refractivity contribution in [3.8, 4) is 17.6 Å². The lowest BCUT2D eigenvalue weighted by Crippen LogP contribution is -2.09. The first-order chi connectivity index (χ1) is 9.65. The molecule has 0 unspecified atom stereocenters. The summed E-state index contributed by atoms with van der Waals surface area (Å²) in [5.41, 5.74) is 6.90. The Kier molecular flexibility index (Phi) is 4.34. The molecule has 2 rings (SSSR count). The smallest absolute Gasteiger partial charge is 0.144 e. The number of rotatable bonds is 4. The maximum atomic E-state index is 13.6. The van der Waals surface area contributed by atoms with Crippen molar-refractivity contribution in [2.24, 2.45) is 5.73 Å². The van der Waals surface area contributed by atoms with Crippen molar-refractivity contribution in [1.82, 2.24) is 0 Å². The molecule has 0 bridgehead atoms. The fourth-order valence-corrected chi connectivity index (χ4v) is 1.88. The van der Waals surface area contributed by atoms with Gasteiger partial charge < -0.3 is 10.5 Å². The summed E-state index contributed by atoms with van der Waals surface area (Å²) in [7, 11) is 0. The Hall–Kier alpha value is -2.38. The molecule has 2 N–H and O–H groups in total. The summed E-state index contributed by atoms with van der Waals surface area (Å²) in [5, 5.41) is 8.70. The van der Waals surface area contributed by atoms with Crippen LogP contribution in [0.1, 0.15) is 30.5 Å². The lowest BCUT2D eigenvalue weighted by molar-refractivity contribution is 0.463. The maximum absolute atomic E-state index is 13.6. The molecule has 3 nitrogen and oxygen atoms in total. The first-order valence-electron chi connectivity index (χ1n) is 6.37. The maximum Gasteiger partial charge on any atom is 0.144 e. The molecule has 0 heterocycles. The second-order valence-corrected chi connectivity index (χ2v) is 4.41. The molecule has 20 heavy (non-hydrogen) atoms. The monoisotopic (exact) mass is 270 g/mol. The molecule has 4 heteroatoms. The van der Waals surface area contributed by atoms with Crippen molar-refractivity contribution in [3.05, 3.63) is 59.4 Å². The number of hydrogen-bond acceptors (Lipinski definition) is 3. The van der Waals surface area contributed by atoms with Crippen LogP contribution in [-0.2, 0) is 0 Å². The Morgan fingerprint density at radius 1 is 1.30 bits per heavy atom. The van der Waals surface area contributed by atoms with Gasteiger partial charge in [-0.3, -0.25) is 0 Å². The normalized spacial score (nSPS) is 11.7. The van der Waals surface area contributed by atoms with Gasteiger partial charge in [-0.15, -0.1) is 0 Å². The van der Waals surface area contributed by atoms with Crippen LogP contribution in [0.25, 0.3) is 0 Å². The fraction of sp³-hybridized carbons (Fsp3) is 0.188. The zero-order valence-corrected chi connectivity index (χ0v) is 11.1. The highest BCUT2D eigenvalue weighted by molar-refractivity contribution is 5.42. The van der Waals surface area contributed by atoms with Gasteiger partial charge in [0.1, 0.15) is 23.4 Å². The number of hydrogen-bond donors (Lipinski definition) is 1. The highest BCUT2D eigenvalue weighted by atomic mass is 19.1. The summed E-state index contributed by atoms with van der Waals surface area (Å²) >= 11 is 0. The molecular formula is C16H15FN2O. The van der Waals surface area contributed by atoms with Crippen LogP contribution >= 0.6 is 0 Å². The molecule has 102 valence electrons. The third-order valence-corrected chi connectivity index (χ3v) is 3.05. The van der Waals surface area contributed by atoms with E-state index in [9.17, 15) is 4.39 Å². The molecule has 0 radical (unpaired) electrons. The third-order valence-electron chi connectivity index (χ3n) is 3.05. The molecule has 0 saturated heterocycles. The van der Waals surface area contributed by atoms with Crippen LogP contribution in [0.5, 0.6) is 11.5 Å². The van der Waals surface area contributed by atoms with Gasteiger partial charge in [0.2, 0.25) is 0 Å². The van der Waals surface area contributed by atoms with Gasteiger partial charge in [0.25, 0.3) is 0 Å². The number of para-hydroxylation sites is 1. The highest BCUT2D eigenvalue weighted by Crippen LogP contribution is 2.30. The van der Waals surface area contributed by atoms with E-state index in [0.717, 1.165) is 12.0 Å². The van der Waals surface area contributed by atoms with Gasteiger partial charge in [0, 0.05) is 17.7 Å². The van der Waals surface area contributed by atoms with E-state index in [1.807, 2.05) is 25.1 Å². The van der Waals surface area contributed by atoms with Crippen molar-refractivity contribution in [2.45, 2.75) is 19.4 Å². The van der Waals surface area contributed by atoms with E-state index in [-0.39, 0.29) is 11.6 Å². The zero-order valence-electron chi connectivity index (χ0n) is 11.1. The summed E-state index contributed by atoms with van der Waals surface area (Å²) in [6.45, 7) is 1.99. The van der Waals surface area contributed by atoms with Gasteiger partial charge >= 0.3 is 0 Å². The van der Waals surface area contributed by atoms with Gasteiger partial charge in [0.15, 0.2) is 0 Å². The number of nitrogens with zero attached hydrogens (tertiary/aromatic N) is 1. The van der Waals surface area contributed by atoms with Gasteiger partial charge in [0.05, 0.1) is 5.56 Å². The molecule has 0 aliphatic carbocycles. The van der Waals surface area contributed by atoms with Gasteiger partial charge in [-0.2, -0.15) is 5.26 Å². The number of nitrogens with two attached hydrogens (primary N) is 1. The van der Waals surface area contributed by atoms with Crippen LogP contribution in [0.4, 0.5) is 4.39 Å². The van der Waals surface area contributed by atoms with Crippen molar-refractivity contribution >= 4 is 0 Å². The minimum atomic E-state index is -0.595. The molecule has 0 saturated carbocycles. The van der Waals surface area contributed by atoms with Crippen LogP contribution in [0, 0.1) is 17.1 Å². The van der Waals surface area contributed by atoms with E-state index in [1.54, 1.807) is 18.2 Å². The molecule has 2 aromatic carbocycles. The van der Waals surface area contributed by atoms with E-state index in [2.05, 4.69) is 0 Å². The first-order valence-corrected chi connectivity index (χ1v) is 6.37. The van der Waals surface area contributed by atoms with E-state index in [4.69, 9.17) is 15.7 Å². The van der Waals surface area contributed by atoms with Crippen molar-refractivity contribution < 1.29 is 9.13 Å². The zero-order chi connectivity index (χ0) is 14.5. The number of benzene rings is 2. The van der Waals surface area contributed by atoms with Crippen molar-refractivity contribution in [2.75, 3.05) is 0 Å². The molecular weight excluding hydrogens is 255 g/mol. The van der Waals surface area contributed by atoms with E-state index in [1.165, 1.54) is 12.1 Å². The quantitative estimate of drug-likeness (QED) is 0.916. The Bertz CT molecular complexity index is 649. The number of halogens is 1. The molecule has 1 atom stereocenters. The number of nitriles is 1. The van der Waals surface area contributed by atoms with Crippen LogP contribution < -0.4 is 10.5 Å². The second-order valence-electron chi connectivity index (χ2n) is 4.41. The Morgan fingerprint density at radius 3 is 2.70 bits per heavy atom. The first kappa shape index (κ1) is 14.0. The SMILES string of the molecule is CC[C@@H](N)c1ccccc1Oc1ccc(C#N)c(F)c1. The summed E-state index contributed by atoms with van der Waals surface area (Å²) in [6.07, 6.45) is 0.780. The van der Waals surface area contributed by atoms with E-state index >= 15 is 0 Å². The predicted octanol–water partition coefficient (Wildman–Crippen LogP) is 3.90. The molecule has 0 aromatic heterocycles. The Balaban J connectivity index is 2.31. The predicted molar refractivity (Wildman–Crippen MR) is 74.9 cm³/mol. The average molecular weight is 270 g/mol. The molecule has 0 aliphatic rings. The van der Waals surface area contributed by atoms with Gasteiger partial charge in [-0.1, -0.05) is 25.1 Å². The largest absolute Gasteiger partial charge is 0.457 e. The van der Waals surface area contributed by atoms with Crippen molar-refractivity contribution in [1.29, 1.82) is 5.26 Å². The van der Waals surface area contributed by atoms with Crippen molar-refractivity contribution in [3.63, 3.8) is 0 Å².